The lowest BCUT2D eigenvalue weighted by Crippen LogP contribution is -2.43. The van der Waals surface area contributed by atoms with Crippen LogP contribution in [0.1, 0.15) is 38.7 Å². The molecule has 1 aromatic rings. The maximum Gasteiger partial charge on any atom is 0.187 e. The van der Waals surface area contributed by atoms with Gasteiger partial charge in [-0.2, -0.15) is 5.26 Å². The third kappa shape index (κ3) is 5.17. The highest BCUT2D eigenvalue weighted by Gasteiger charge is 2.25. The van der Waals surface area contributed by atoms with Gasteiger partial charge >= 0.3 is 0 Å². The Bertz CT molecular complexity index is 412. The van der Waals surface area contributed by atoms with Crippen LogP contribution in [0.3, 0.4) is 0 Å². The third-order valence-corrected chi connectivity index (χ3v) is 4.03. The van der Waals surface area contributed by atoms with Crippen LogP contribution in [0.2, 0.25) is 0 Å². The van der Waals surface area contributed by atoms with E-state index in [-0.39, 0.29) is 5.54 Å². The summed E-state index contributed by atoms with van der Waals surface area (Å²) in [5.41, 5.74) is 0.703. The van der Waals surface area contributed by atoms with Crippen LogP contribution in [-0.4, -0.2) is 27.8 Å². The second kappa shape index (κ2) is 8.13. The monoisotopic (exact) mass is 278 g/mol. The van der Waals surface area contributed by atoms with Crippen molar-refractivity contribution < 1.29 is 0 Å². The Labute approximate surface area is 120 Å². The summed E-state index contributed by atoms with van der Waals surface area (Å²) in [4.78, 5) is 8.52. The van der Waals surface area contributed by atoms with E-state index in [9.17, 15) is 5.26 Å². The average molecular weight is 278 g/mol. The second-order valence-electron chi connectivity index (χ2n) is 4.57. The van der Waals surface area contributed by atoms with Crippen molar-refractivity contribution in [3.8, 4) is 6.07 Å². The summed E-state index contributed by atoms with van der Waals surface area (Å²) in [5, 5.41) is 13.4. The largest absolute Gasteiger partial charge is 0.300 e. The second-order valence-corrected chi connectivity index (χ2v) is 5.63. The van der Waals surface area contributed by atoms with Gasteiger partial charge in [-0.05, 0) is 38.3 Å². The van der Waals surface area contributed by atoms with Crippen LogP contribution >= 0.6 is 11.8 Å². The molecule has 1 rings (SSSR count). The lowest BCUT2D eigenvalue weighted by atomic mass is 9.92. The molecule has 0 aliphatic heterocycles. The predicted molar refractivity (Wildman–Crippen MR) is 79.0 cm³/mol. The molecule has 0 aliphatic carbocycles. The molecular weight excluding hydrogens is 256 g/mol. The summed E-state index contributed by atoms with van der Waals surface area (Å²) >= 11 is 1.65. The van der Waals surface area contributed by atoms with Gasteiger partial charge in [0.25, 0.3) is 0 Å². The molecule has 0 amide bonds. The normalized spacial score (nSPS) is 13.8. The SMILES string of the molecule is CCNC(C#N)(CC)CCCSc1ncc(C)cn1. The number of nitrogens with zero attached hydrogens (tertiary/aromatic N) is 3. The number of aryl methyl sites for hydroxylation is 1. The standard InChI is InChI=1S/C14H22N4S/c1-4-14(11-15,18-5-2)7-6-8-19-13-16-9-12(3)10-17-13/h9-10,18H,4-8H2,1-3H3. The van der Waals surface area contributed by atoms with E-state index >= 15 is 0 Å². The molecule has 1 heterocycles. The predicted octanol–water partition coefficient (Wildman–Crippen LogP) is 2.94. The molecule has 19 heavy (non-hydrogen) atoms. The average Bonchev–Trinajstić information content (AvgIpc) is 2.44. The van der Waals surface area contributed by atoms with Crippen LogP contribution in [0.15, 0.2) is 17.6 Å². The number of hydrogen-bond donors (Lipinski definition) is 1. The lowest BCUT2D eigenvalue weighted by molar-refractivity contribution is 0.379. The first-order valence-corrected chi connectivity index (χ1v) is 7.72. The van der Waals surface area contributed by atoms with Gasteiger partial charge in [-0.3, -0.25) is 5.32 Å². The summed E-state index contributed by atoms with van der Waals surface area (Å²) in [5.74, 6) is 0.942. The van der Waals surface area contributed by atoms with Gasteiger partial charge in [0.1, 0.15) is 5.54 Å². The molecule has 1 N–H and O–H groups in total. The van der Waals surface area contributed by atoms with E-state index in [0.717, 1.165) is 42.3 Å². The number of rotatable bonds is 8. The van der Waals surface area contributed by atoms with Crippen molar-refractivity contribution in [2.75, 3.05) is 12.3 Å². The van der Waals surface area contributed by atoms with Crippen molar-refractivity contribution in [3.63, 3.8) is 0 Å². The number of hydrogen-bond acceptors (Lipinski definition) is 5. The van der Waals surface area contributed by atoms with Crippen LogP contribution in [0.25, 0.3) is 0 Å². The molecule has 0 spiro atoms. The van der Waals surface area contributed by atoms with Crippen molar-refractivity contribution in [1.82, 2.24) is 15.3 Å². The summed E-state index contributed by atoms with van der Waals surface area (Å²) in [7, 11) is 0. The van der Waals surface area contributed by atoms with Gasteiger partial charge < -0.3 is 0 Å². The molecule has 5 heteroatoms. The quantitative estimate of drug-likeness (QED) is 0.450. The van der Waals surface area contributed by atoms with Gasteiger partial charge in [0.15, 0.2) is 5.16 Å². The van der Waals surface area contributed by atoms with E-state index in [0.29, 0.717) is 0 Å². The molecule has 0 aromatic carbocycles. The zero-order chi connectivity index (χ0) is 14.1. The lowest BCUT2D eigenvalue weighted by Gasteiger charge is -2.25. The highest BCUT2D eigenvalue weighted by atomic mass is 32.2. The Morgan fingerprint density at radius 1 is 1.37 bits per heavy atom. The molecule has 1 atom stereocenters. The van der Waals surface area contributed by atoms with Gasteiger partial charge in [-0.15, -0.1) is 0 Å². The Morgan fingerprint density at radius 3 is 2.58 bits per heavy atom. The van der Waals surface area contributed by atoms with Crippen LogP contribution in [0, 0.1) is 18.3 Å². The number of thioether (sulfide) groups is 1. The van der Waals surface area contributed by atoms with Gasteiger partial charge in [0.05, 0.1) is 6.07 Å². The maximum absolute atomic E-state index is 9.31. The van der Waals surface area contributed by atoms with Crippen molar-refractivity contribution >= 4 is 11.8 Å². The van der Waals surface area contributed by atoms with Gasteiger partial charge in [-0.1, -0.05) is 25.6 Å². The Hall–Kier alpha value is -1.12. The van der Waals surface area contributed by atoms with Crippen molar-refractivity contribution in [2.24, 2.45) is 0 Å². The Kier molecular flexibility index (Phi) is 6.82. The first-order valence-electron chi connectivity index (χ1n) is 6.73. The molecule has 0 bridgehead atoms. The molecule has 0 aliphatic rings. The summed E-state index contributed by atoms with van der Waals surface area (Å²) in [6, 6.07) is 2.42. The summed E-state index contributed by atoms with van der Waals surface area (Å²) < 4.78 is 0. The highest BCUT2D eigenvalue weighted by Crippen LogP contribution is 2.20. The smallest absolute Gasteiger partial charge is 0.187 e. The van der Waals surface area contributed by atoms with Gasteiger partial charge in [-0.25, -0.2) is 9.97 Å². The third-order valence-electron chi connectivity index (χ3n) is 3.07. The molecule has 1 unspecified atom stereocenters. The number of nitrogens with one attached hydrogen (secondary N) is 1. The summed E-state index contributed by atoms with van der Waals surface area (Å²) in [6.07, 6.45) is 6.35. The van der Waals surface area contributed by atoms with Crippen LogP contribution in [0.4, 0.5) is 0 Å². The van der Waals surface area contributed by atoms with E-state index in [1.165, 1.54) is 0 Å². The molecule has 0 saturated carbocycles. The van der Waals surface area contributed by atoms with E-state index in [2.05, 4.69) is 28.3 Å². The molecular formula is C14H22N4S. The Balaban J connectivity index is 2.37. The topological polar surface area (TPSA) is 61.6 Å². The molecule has 4 nitrogen and oxygen atoms in total. The van der Waals surface area contributed by atoms with Crippen molar-refractivity contribution in [2.45, 2.75) is 50.7 Å². The van der Waals surface area contributed by atoms with Crippen LogP contribution in [-0.2, 0) is 0 Å². The van der Waals surface area contributed by atoms with E-state index in [1.807, 2.05) is 26.2 Å². The minimum Gasteiger partial charge on any atom is -0.300 e. The zero-order valence-electron chi connectivity index (χ0n) is 11.9. The molecule has 0 saturated heterocycles. The van der Waals surface area contributed by atoms with Crippen LogP contribution < -0.4 is 5.32 Å². The van der Waals surface area contributed by atoms with Crippen molar-refractivity contribution in [3.05, 3.63) is 18.0 Å². The van der Waals surface area contributed by atoms with E-state index < -0.39 is 0 Å². The fourth-order valence-electron chi connectivity index (χ4n) is 1.90. The van der Waals surface area contributed by atoms with Crippen molar-refractivity contribution in [1.29, 1.82) is 5.26 Å². The minimum atomic E-state index is -0.372. The first kappa shape index (κ1) is 15.9. The van der Waals surface area contributed by atoms with Crippen LogP contribution in [0.5, 0.6) is 0 Å². The number of nitriles is 1. The molecule has 1 aromatic heterocycles. The molecule has 0 radical (unpaired) electrons. The molecule has 104 valence electrons. The fourth-order valence-corrected chi connectivity index (χ4v) is 2.62. The van der Waals surface area contributed by atoms with E-state index in [1.54, 1.807) is 11.8 Å². The fraction of sp³-hybridized carbons (Fsp3) is 0.643. The Morgan fingerprint density at radius 2 is 2.05 bits per heavy atom. The van der Waals surface area contributed by atoms with E-state index in [4.69, 9.17) is 0 Å². The molecule has 0 fully saturated rings. The maximum atomic E-state index is 9.31. The first-order chi connectivity index (χ1) is 9.15. The highest BCUT2D eigenvalue weighted by molar-refractivity contribution is 7.99. The van der Waals surface area contributed by atoms with Gasteiger partial charge in [0.2, 0.25) is 0 Å². The van der Waals surface area contributed by atoms with Gasteiger partial charge in [0, 0.05) is 18.1 Å². The zero-order valence-corrected chi connectivity index (χ0v) is 12.8. The summed E-state index contributed by atoms with van der Waals surface area (Å²) in [6.45, 7) is 6.90. The number of aromatic nitrogens is 2. The minimum absolute atomic E-state index is 0.372.